The first-order valence-electron chi connectivity index (χ1n) is 6.38. The second-order valence-corrected chi connectivity index (χ2v) is 6.52. The molecule has 0 bridgehead atoms. The molecule has 3 rings (SSSR count). The Hall–Kier alpha value is -1.49. The third-order valence-electron chi connectivity index (χ3n) is 3.08. The van der Waals surface area contributed by atoms with Gasteiger partial charge in [-0.25, -0.2) is 0 Å². The average molecular weight is 301 g/mol. The van der Waals surface area contributed by atoms with Crippen LogP contribution in [0, 0.1) is 0 Å². The molecule has 2 nitrogen and oxygen atoms in total. The van der Waals surface area contributed by atoms with Gasteiger partial charge in [0, 0.05) is 31.8 Å². The molecular weight excluding hydrogens is 286 g/mol. The highest BCUT2D eigenvalue weighted by Crippen LogP contribution is 2.39. The van der Waals surface area contributed by atoms with Crippen LogP contribution in [-0.4, -0.2) is 12.2 Å². The van der Waals surface area contributed by atoms with Gasteiger partial charge in [0.25, 0.3) is 0 Å². The maximum Gasteiger partial charge on any atom is 0.116 e. The summed E-state index contributed by atoms with van der Waals surface area (Å²) < 4.78 is 1.20. The zero-order valence-electron chi connectivity index (χ0n) is 11.1. The van der Waals surface area contributed by atoms with Crippen molar-refractivity contribution in [3.05, 3.63) is 53.4 Å². The fourth-order valence-electron chi connectivity index (χ4n) is 2.13. The number of nitrogens with one attached hydrogen (secondary N) is 1. The molecule has 3 aromatic rings. The summed E-state index contributed by atoms with van der Waals surface area (Å²) in [6, 6.07) is 14.0. The first-order valence-corrected chi connectivity index (χ1v) is 8.08. The number of benzene rings is 2. The van der Waals surface area contributed by atoms with Gasteiger partial charge in [0.15, 0.2) is 0 Å². The molecule has 0 aliphatic carbocycles. The summed E-state index contributed by atoms with van der Waals surface area (Å²) in [7, 11) is 1.96. The number of phenolic OH excluding ortho intramolecular Hbond substituents is 1. The van der Waals surface area contributed by atoms with Gasteiger partial charge >= 0.3 is 0 Å². The van der Waals surface area contributed by atoms with E-state index in [0.29, 0.717) is 5.75 Å². The van der Waals surface area contributed by atoms with Gasteiger partial charge in [0.2, 0.25) is 0 Å². The first kappa shape index (κ1) is 13.5. The Bertz CT molecular complexity index is 736. The zero-order valence-corrected chi connectivity index (χ0v) is 12.7. The average Bonchev–Trinajstić information content (AvgIpc) is 2.84. The van der Waals surface area contributed by atoms with E-state index in [0.717, 1.165) is 11.9 Å². The molecule has 0 aliphatic rings. The Kier molecular flexibility index (Phi) is 3.96. The quantitative estimate of drug-likeness (QED) is 0.745. The van der Waals surface area contributed by atoms with E-state index in [2.05, 4.69) is 35.0 Å². The van der Waals surface area contributed by atoms with Crippen molar-refractivity contribution in [3.8, 4) is 5.75 Å². The number of thiophene rings is 1. The van der Waals surface area contributed by atoms with E-state index in [4.69, 9.17) is 0 Å². The van der Waals surface area contributed by atoms with Crippen LogP contribution in [0.1, 0.15) is 5.56 Å². The second kappa shape index (κ2) is 5.87. The lowest BCUT2D eigenvalue weighted by molar-refractivity contribution is 0.476. The van der Waals surface area contributed by atoms with Gasteiger partial charge in [0.1, 0.15) is 5.75 Å². The van der Waals surface area contributed by atoms with Crippen molar-refractivity contribution >= 4 is 33.2 Å². The van der Waals surface area contributed by atoms with E-state index < -0.39 is 0 Å². The third kappa shape index (κ3) is 2.68. The normalized spacial score (nSPS) is 11.1. The molecule has 1 heterocycles. The Morgan fingerprint density at radius 1 is 1.15 bits per heavy atom. The number of fused-ring (bicyclic) bond motifs is 1. The minimum Gasteiger partial charge on any atom is -0.508 e. The molecule has 2 N–H and O–H groups in total. The maximum absolute atomic E-state index is 9.66. The number of rotatable bonds is 4. The highest BCUT2D eigenvalue weighted by atomic mass is 32.2. The lowest BCUT2D eigenvalue weighted by Gasteiger charge is -2.08. The van der Waals surface area contributed by atoms with Crippen molar-refractivity contribution in [3.63, 3.8) is 0 Å². The van der Waals surface area contributed by atoms with Crippen LogP contribution in [0.3, 0.4) is 0 Å². The van der Waals surface area contributed by atoms with Crippen LogP contribution >= 0.6 is 23.1 Å². The molecule has 0 amide bonds. The molecule has 0 atom stereocenters. The van der Waals surface area contributed by atoms with E-state index in [-0.39, 0.29) is 0 Å². The Morgan fingerprint density at radius 2 is 2.00 bits per heavy atom. The SMILES string of the molecule is CNCc1ccccc1Sc1csc2ccc(O)cc12. The summed E-state index contributed by atoms with van der Waals surface area (Å²) in [5.74, 6) is 0.321. The lowest BCUT2D eigenvalue weighted by atomic mass is 10.2. The molecule has 2 aromatic carbocycles. The highest BCUT2D eigenvalue weighted by Gasteiger charge is 2.09. The molecule has 0 spiro atoms. The number of hydrogen-bond donors (Lipinski definition) is 2. The van der Waals surface area contributed by atoms with Crippen LogP contribution in [0.2, 0.25) is 0 Å². The molecule has 0 saturated carbocycles. The van der Waals surface area contributed by atoms with Crippen molar-refractivity contribution in [2.75, 3.05) is 7.05 Å². The Morgan fingerprint density at radius 3 is 2.85 bits per heavy atom. The molecule has 4 heteroatoms. The van der Waals surface area contributed by atoms with E-state index >= 15 is 0 Å². The summed E-state index contributed by atoms with van der Waals surface area (Å²) in [6.07, 6.45) is 0. The summed E-state index contributed by atoms with van der Waals surface area (Å²) in [4.78, 5) is 2.45. The van der Waals surface area contributed by atoms with Crippen LogP contribution in [0.4, 0.5) is 0 Å². The molecule has 1 aromatic heterocycles. The molecule has 20 heavy (non-hydrogen) atoms. The Balaban J connectivity index is 1.99. The highest BCUT2D eigenvalue weighted by molar-refractivity contribution is 7.99. The first-order chi connectivity index (χ1) is 9.78. The van der Waals surface area contributed by atoms with Crippen molar-refractivity contribution in [1.82, 2.24) is 5.32 Å². The molecule has 0 radical (unpaired) electrons. The molecule has 102 valence electrons. The largest absolute Gasteiger partial charge is 0.508 e. The van der Waals surface area contributed by atoms with Gasteiger partial charge in [-0.2, -0.15) is 0 Å². The summed E-state index contributed by atoms with van der Waals surface area (Å²) in [5, 5.41) is 16.1. The summed E-state index contributed by atoms with van der Waals surface area (Å²) >= 11 is 3.47. The zero-order chi connectivity index (χ0) is 13.9. The topological polar surface area (TPSA) is 32.3 Å². The molecular formula is C16H15NOS2. The van der Waals surface area contributed by atoms with Crippen molar-refractivity contribution in [2.24, 2.45) is 0 Å². The van der Waals surface area contributed by atoms with Gasteiger partial charge in [-0.05, 0) is 36.9 Å². The van der Waals surface area contributed by atoms with Crippen LogP contribution in [-0.2, 0) is 6.54 Å². The standard InChI is InChI=1S/C16H15NOS2/c1-17-9-11-4-2-3-5-14(11)20-16-10-19-15-7-6-12(18)8-13(15)16/h2-8,10,17-18H,9H2,1H3. The number of hydrogen-bond acceptors (Lipinski definition) is 4. The summed E-state index contributed by atoms with van der Waals surface area (Å²) in [6.45, 7) is 0.858. The van der Waals surface area contributed by atoms with Crippen molar-refractivity contribution in [1.29, 1.82) is 0 Å². The number of phenols is 1. The molecule has 0 aliphatic heterocycles. The molecule has 0 fully saturated rings. The van der Waals surface area contributed by atoms with E-state index in [9.17, 15) is 5.11 Å². The van der Waals surface area contributed by atoms with E-state index in [1.165, 1.54) is 20.1 Å². The van der Waals surface area contributed by atoms with Gasteiger partial charge in [-0.15, -0.1) is 11.3 Å². The van der Waals surface area contributed by atoms with Crippen LogP contribution in [0.5, 0.6) is 5.75 Å². The lowest BCUT2D eigenvalue weighted by Crippen LogP contribution is -2.05. The van der Waals surface area contributed by atoms with E-state index in [1.807, 2.05) is 19.2 Å². The Labute approximate surface area is 126 Å². The van der Waals surface area contributed by atoms with Gasteiger partial charge in [0.05, 0.1) is 0 Å². The van der Waals surface area contributed by atoms with Crippen LogP contribution in [0.15, 0.2) is 57.6 Å². The fourth-order valence-corrected chi connectivity index (χ4v) is 4.27. The third-order valence-corrected chi connectivity index (χ3v) is 5.37. The smallest absolute Gasteiger partial charge is 0.116 e. The predicted molar refractivity (Wildman–Crippen MR) is 86.8 cm³/mol. The minimum atomic E-state index is 0.321. The van der Waals surface area contributed by atoms with Crippen LogP contribution in [0.25, 0.3) is 10.1 Å². The monoisotopic (exact) mass is 301 g/mol. The van der Waals surface area contributed by atoms with Gasteiger partial charge < -0.3 is 10.4 Å². The van der Waals surface area contributed by atoms with Crippen molar-refractivity contribution in [2.45, 2.75) is 16.3 Å². The minimum absolute atomic E-state index is 0.321. The fraction of sp³-hybridized carbons (Fsp3) is 0.125. The van der Waals surface area contributed by atoms with Gasteiger partial charge in [-0.1, -0.05) is 30.0 Å². The maximum atomic E-state index is 9.66. The van der Waals surface area contributed by atoms with Gasteiger partial charge in [-0.3, -0.25) is 0 Å². The summed E-state index contributed by atoms with van der Waals surface area (Å²) in [5.41, 5.74) is 1.29. The van der Waals surface area contributed by atoms with Crippen LogP contribution < -0.4 is 5.32 Å². The van der Waals surface area contributed by atoms with Crippen molar-refractivity contribution < 1.29 is 5.11 Å². The predicted octanol–water partition coefficient (Wildman–Crippen LogP) is 4.48. The number of aromatic hydroxyl groups is 1. The molecule has 0 unspecified atom stereocenters. The van der Waals surface area contributed by atoms with E-state index in [1.54, 1.807) is 29.2 Å². The second-order valence-electron chi connectivity index (χ2n) is 4.52. The molecule has 0 saturated heterocycles.